The number of nitrogens with one attached hydrogen (secondary N) is 1. The van der Waals surface area contributed by atoms with Crippen molar-refractivity contribution < 1.29 is 14.0 Å². The summed E-state index contributed by atoms with van der Waals surface area (Å²) in [6, 6.07) is 13.6. The Kier molecular flexibility index (Phi) is 5.35. The first kappa shape index (κ1) is 19.8. The third kappa shape index (κ3) is 3.70. The van der Waals surface area contributed by atoms with E-state index in [1.54, 1.807) is 49.1 Å². The largest absolute Gasteiger partial charge is 0.347 e. The Hall–Kier alpha value is -3.48. The summed E-state index contributed by atoms with van der Waals surface area (Å²) in [4.78, 5) is 26.3. The maximum atomic E-state index is 14.3. The van der Waals surface area contributed by atoms with Crippen molar-refractivity contribution in [3.8, 4) is 5.69 Å². The molecule has 1 aliphatic rings. The van der Waals surface area contributed by atoms with E-state index in [1.165, 1.54) is 11.0 Å². The first-order chi connectivity index (χ1) is 14.5. The van der Waals surface area contributed by atoms with Crippen molar-refractivity contribution in [2.75, 3.05) is 14.1 Å². The molecule has 0 saturated carbocycles. The van der Waals surface area contributed by atoms with Gasteiger partial charge in [0, 0.05) is 37.5 Å². The molecule has 4 rings (SSSR count). The fourth-order valence-corrected chi connectivity index (χ4v) is 3.73. The van der Waals surface area contributed by atoms with Crippen LogP contribution in [-0.4, -0.2) is 40.6 Å². The molecule has 1 heterocycles. The molecule has 0 bridgehead atoms. The van der Waals surface area contributed by atoms with E-state index < -0.39 is 0 Å². The number of carbonyl (C=O) groups excluding carboxylic acids is 2. The maximum Gasteiger partial charge on any atom is 0.272 e. The molecule has 0 radical (unpaired) electrons. The highest BCUT2D eigenvalue weighted by atomic mass is 19.1. The van der Waals surface area contributed by atoms with Crippen LogP contribution in [0.1, 0.15) is 44.1 Å². The molecule has 0 saturated heterocycles. The van der Waals surface area contributed by atoms with Crippen molar-refractivity contribution in [3.63, 3.8) is 0 Å². The van der Waals surface area contributed by atoms with Gasteiger partial charge in [-0.25, -0.2) is 9.07 Å². The van der Waals surface area contributed by atoms with Gasteiger partial charge < -0.3 is 10.2 Å². The number of amides is 2. The summed E-state index contributed by atoms with van der Waals surface area (Å²) in [5.74, 6) is -0.717. The molecule has 0 spiro atoms. The number of carbonyl (C=O) groups is 2. The Morgan fingerprint density at radius 3 is 2.53 bits per heavy atom. The highest BCUT2D eigenvalue weighted by Crippen LogP contribution is 2.28. The first-order valence-corrected chi connectivity index (χ1v) is 9.90. The Morgan fingerprint density at radius 2 is 1.83 bits per heavy atom. The number of fused-ring (bicyclic) bond motifs is 1. The summed E-state index contributed by atoms with van der Waals surface area (Å²) in [6.45, 7) is 0.316. The number of halogens is 1. The summed E-state index contributed by atoms with van der Waals surface area (Å²) in [5.41, 5.74) is 3.97. The van der Waals surface area contributed by atoms with Crippen molar-refractivity contribution in [2.24, 2.45) is 0 Å². The molecule has 0 atom stereocenters. The summed E-state index contributed by atoms with van der Waals surface area (Å²) < 4.78 is 15.8. The Balaban J connectivity index is 1.51. The highest BCUT2D eigenvalue weighted by molar-refractivity contribution is 5.95. The summed E-state index contributed by atoms with van der Waals surface area (Å²) >= 11 is 0. The molecule has 3 aromatic rings. The Bertz CT molecular complexity index is 1100. The molecule has 30 heavy (non-hydrogen) atoms. The number of hydrogen-bond donors (Lipinski definition) is 1. The summed E-state index contributed by atoms with van der Waals surface area (Å²) in [7, 11) is 3.41. The normalized spacial score (nSPS) is 12.5. The standard InChI is InChI=1S/C23H23FN4O2/c1-27(2)23(30)16-12-10-15(11-13-16)14-25-22(29)21-17-6-5-9-19(17)28(26-21)20-8-4-3-7-18(20)24/h3-4,7-8,10-13H,5-6,9,14H2,1-2H3,(H,25,29). The van der Waals surface area contributed by atoms with Gasteiger partial charge in [0.05, 0.1) is 0 Å². The van der Waals surface area contributed by atoms with Crippen LogP contribution in [0.4, 0.5) is 4.39 Å². The molecule has 0 fully saturated rings. The van der Waals surface area contributed by atoms with Gasteiger partial charge in [-0.2, -0.15) is 5.10 Å². The number of rotatable bonds is 5. The van der Waals surface area contributed by atoms with Gasteiger partial charge in [-0.15, -0.1) is 0 Å². The van der Waals surface area contributed by atoms with E-state index in [-0.39, 0.29) is 17.6 Å². The van der Waals surface area contributed by atoms with Gasteiger partial charge in [0.2, 0.25) is 0 Å². The minimum absolute atomic E-state index is 0.0696. The third-order valence-electron chi connectivity index (χ3n) is 5.29. The zero-order chi connectivity index (χ0) is 21.3. The lowest BCUT2D eigenvalue weighted by Crippen LogP contribution is -2.25. The first-order valence-electron chi connectivity index (χ1n) is 9.90. The molecule has 154 valence electrons. The van der Waals surface area contributed by atoms with Crippen molar-refractivity contribution in [1.29, 1.82) is 0 Å². The molecular formula is C23H23FN4O2. The second kappa shape index (κ2) is 8.10. The zero-order valence-corrected chi connectivity index (χ0v) is 17.0. The van der Waals surface area contributed by atoms with Crippen LogP contribution in [0.2, 0.25) is 0 Å². The van der Waals surface area contributed by atoms with E-state index in [2.05, 4.69) is 10.4 Å². The quantitative estimate of drug-likeness (QED) is 0.708. The van der Waals surface area contributed by atoms with Crippen LogP contribution in [0.25, 0.3) is 5.69 Å². The van der Waals surface area contributed by atoms with Crippen molar-refractivity contribution in [1.82, 2.24) is 20.0 Å². The summed E-state index contributed by atoms with van der Waals surface area (Å²) in [6.07, 6.45) is 2.45. The minimum atomic E-state index is -0.367. The average molecular weight is 406 g/mol. The van der Waals surface area contributed by atoms with Gasteiger partial charge in [0.15, 0.2) is 5.69 Å². The van der Waals surface area contributed by atoms with Gasteiger partial charge in [-0.05, 0) is 49.1 Å². The van der Waals surface area contributed by atoms with Crippen LogP contribution in [0.15, 0.2) is 48.5 Å². The lowest BCUT2D eigenvalue weighted by Gasteiger charge is -2.10. The fraction of sp³-hybridized carbons (Fsp3) is 0.261. The molecule has 0 unspecified atom stereocenters. The zero-order valence-electron chi connectivity index (χ0n) is 17.0. The third-order valence-corrected chi connectivity index (χ3v) is 5.29. The van der Waals surface area contributed by atoms with Crippen molar-refractivity contribution >= 4 is 11.8 Å². The molecule has 6 nitrogen and oxygen atoms in total. The van der Waals surface area contributed by atoms with E-state index in [1.807, 2.05) is 12.1 Å². The number of hydrogen-bond acceptors (Lipinski definition) is 3. The molecule has 0 aliphatic heterocycles. The van der Waals surface area contributed by atoms with E-state index in [0.717, 1.165) is 36.1 Å². The fourth-order valence-electron chi connectivity index (χ4n) is 3.73. The van der Waals surface area contributed by atoms with Crippen molar-refractivity contribution in [2.45, 2.75) is 25.8 Å². The van der Waals surface area contributed by atoms with Crippen LogP contribution >= 0.6 is 0 Å². The van der Waals surface area contributed by atoms with Gasteiger partial charge >= 0.3 is 0 Å². The van der Waals surface area contributed by atoms with E-state index in [4.69, 9.17) is 0 Å². The van der Waals surface area contributed by atoms with Crippen LogP contribution in [0, 0.1) is 5.82 Å². The topological polar surface area (TPSA) is 67.2 Å². The molecule has 2 aromatic carbocycles. The maximum absolute atomic E-state index is 14.3. The number of benzene rings is 2. The molecule has 1 aliphatic carbocycles. The molecule has 1 N–H and O–H groups in total. The van der Waals surface area contributed by atoms with Gasteiger partial charge in [-0.3, -0.25) is 9.59 Å². The molecule has 2 amide bonds. The smallest absolute Gasteiger partial charge is 0.272 e. The second-order valence-electron chi connectivity index (χ2n) is 7.57. The lowest BCUT2D eigenvalue weighted by molar-refractivity contribution is 0.0827. The average Bonchev–Trinajstić information content (AvgIpc) is 3.35. The van der Waals surface area contributed by atoms with Crippen LogP contribution in [0.3, 0.4) is 0 Å². The Morgan fingerprint density at radius 1 is 1.10 bits per heavy atom. The van der Waals surface area contributed by atoms with Crippen LogP contribution < -0.4 is 5.32 Å². The van der Waals surface area contributed by atoms with E-state index in [0.29, 0.717) is 23.5 Å². The van der Waals surface area contributed by atoms with E-state index >= 15 is 0 Å². The Labute approximate surface area is 174 Å². The number of nitrogens with zero attached hydrogens (tertiary/aromatic N) is 3. The minimum Gasteiger partial charge on any atom is -0.347 e. The molecule has 7 heteroatoms. The lowest BCUT2D eigenvalue weighted by atomic mass is 10.1. The highest BCUT2D eigenvalue weighted by Gasteiger charge is 2.27. The number of aromatic nitrogens is 2. The van der Waals surface area contributed by atoms with Gasteiger partial charge in [0.1, 0.15) is 11.5 Å². The van der Waals surface area contributed by atoms with Crippen molar-refractivity contribution in [3.05, 3.63) is 82.4 Å². The van der Waals surface area contributed by atoms with E-state index in [9.17, 15) is 14.0 Å². The van der Waals surface area contributed by atoms with Gasteiger partial charge in [0.25, 0.3) is 11.8 Å². The van der Waals surface area contributed by atoms with Gasteiger partial charge in [-0.1, -0.05) is 24.3 Å². The van der Waals surface area contributed by atoms with Crippen LogP contribution in [-0.2, 0) is 19.4 Å². The second-order valence-corrected chi connectivity index (χ2v) is 7.57. The predicted molar refractivity (Wildman–Crippen MR) is 111 cm³/mol. The monoisotopic (exact) mass is 406 g/mol. The molecule has 1 aromatic heterocycles. The SMILES string of the molecule is CN(C)C(=O)c1ccc(CNC(=O)c2nn(-c3ccccc3F)c3c2CCC3)cc1. The predicted octanol–water partition coefficient (Wildman–Crippen LogP) is 3.13. The summed E-state index contributed by atoms with van der Waals surface area (Å²) in [5, 5.41) is 7.34. The number of para-hydroxylation sites is 1. The molecular weight excluding hydrogens is 383 g/mol. The van der Waals surface area contributed by atoms with Crippen LogP contribution in [0.5, 0.6) is 0 Å².